The van der Waals surface area contributed by atoms with E-state index in [1.807, 2.05) is 37.3 Å². The molecule has 0 aliphatic heterocycles. The van der Waals surface area contributed by atoms with Gasteiger partial charge in [-0.3, -0.25) is 9.59 Å². The van der Waals surface area contributed by atoms with E-state index >= 15 is 0 Å². The van der Waals surface area contributed by atoms with Gasteiger partial charge in [-0.15, -0.1) is 0 Å². The van der Waals surface area contributed by atoms with Gasteiger partial charge in [-0.1, -0.05) is 48.6 Å². The molecule has 4 nitrogen and oxygen atoms in total. The van der Waals surface area contributed by atoms with E-state index in [2.05, 4.69) is 5.32 Å². The zero-order valence-electron chi connectivity index (χ0n) is 10.8. The maximum Gasteiger partial charge on any atom is 0.325 e. The van der Waals surface area contributed by atoms with Crippen LogP contribution in [0.15, 0.2) is 54.6 Å². The molecular weight excluding hydrogens is 242 g/mol. The fourth-order valence-corrected chi connectivity index (χ4v) is 1.26. The number of nitrogens with one attached hydrogen (secondary N) is 1. The molecule has 19 heavy (non-hydrogen) atoms. The van der Waals surface area contributed by atoms with Crippen LogP contribution in [-0.4, -0.2) is 18.4 Å². The van der Waals surface area contributed by atoms with Crippen molar-refractivity contribution in [1.29, 1.82) is 0 Å². The summed E-state index contributed by atoms with van der Waals surface area (Å²) in [7, 11) is 0. The lowest BCUT2D eigenvalue weighted by molar-refractivity contribution is -0.144. The first-order valence-corrected chi connectivity index (χ1v) is 5.99. The van der Waals surface area contributed by atoms with E-state index in [0.29, 0.717) is 0 Å². The highest BCUT2D eigenvalue weighted by atomic mass is 16.5. The number of allylic oxidation sites excluding steroid dienone is 3. The summed E-state index contributed by atoms with van der Waals surface area (Å²) in [6.45, 7) is 1.93. The maximum absolute atomic E-state index is 11.4. The lowest BCUT2D eigenvalue weighted by Gasteiger charge is -2.05. The number of hydrogen-bond acceptors (Lipinski definition) is 3. The number of benzene rings is 1. The van der Waals surface area contributed by atoms with Crippen molar-refractivity contribution in [2.75, 3.05) is 6.54 Å². The molecule has 0 unspecified atom stereocenters. The van der Waals surface area contributed by atoms with E-state index < -0.39 is 5.97 Å². The first kappa shape index (κ1) is 14.7. The summed E-state index contributed by atoms with van der Waals surface area (Å²) < 4.78 is 5.01. The summed E-state index contributed by atoms with van der Waals surface area (Å²) in [5.74, 6) is -0.786. The van der Waals surface area contributed by atoms with Crippen LogP contribution in [0.4, 0.5) is 0 Å². The van der Waals surface area contributed by atoms with Crippen molar-refractivity contribution >= 4 is 11.9 Å². The van der Waals surface area contributed by atoms with Gasteiger partial charge in [-0.25, -0.2) is 0 Å². The van der Waals surface area contributed by atoms with Crippen molar-refractivity contribution in [2.24, 2.45) is 0 Å². The number of carbonyl (C=O) groups excluding carboxylic acids is 2. The van der Waals surface area contributed by atoms with Gasteiger partial charge in [0.05, 0.1) is 0 Å². The van der Waals surface area contributed by atoms with Gasteiger partial charge in [0, 0.05) is 6.08 Å². The summed E-state index contributed by atoms with van der Waals surface area (Å²) in [6, 6.07) is 9.37. The topological polar surface area (TPSA) is 55.4 Å². The van der Waals surface area contributed by atoms with Crippen LogP contribution in [-0.2, 0) is 20.9 Å². The summed E-state index contributed by atoms with van der Waals surface area (Å²) in [4.78, 5) is 22.6. The second-order valence-electron chi connectivity index (χ2n) is 3.75. The number of amides is 1. The largest absolute Gasteiger partial charge is 0.460 e. The predicted molar refractivity (Wildman–Crippen MR) is 73.2 cm³/mol. The van der Waals surface area contributed by atoms with Crippen molar-refractivity contribution in [3.8, 4) is 0 Å². The Morgan fingerprint density at radius 1 is 1.21 bits per heavy atom. The highest BCUT2D eigenvalue weighted by molar-refractivity contribution is 5.90. The first-order chi connectivity index (χ1) is 9.22. The number of hydrogen-bond donors (Lipinski definition) is 1. The molecule has 0 spiro atoms. The zero-order chi connectivity index (χ0) is 13.9. The van der Waals surface area contributed by atoms with Gasteiger partial charge in [0.15, 0.2) is 0 Å². The molecule has 4 heteroatoms. The highest BCUT2D eigenvalue weighted by Gasteiger charge is 2.04. The van der Waals surface area contributed by atoms with Gasteiger partial charge in [-0.2, -0.15) is 0 Å². The van der Waals surface area contributed by atoms with Crippen molar-refractivity contribution in [3.63, 3.8) is 0 Å². The predicted octanol–water partition coefficient (Wildman–Crippen LogP) is 1.98. The Balaban J connectivity index is 2.23. The Morgan fingerprint density at radius 2 is 1.95 bits per heavy atom. The molecule has 0 fully saturated rings. The number of rotatable bonds is 6. The van der Waals surface area contributed by atoms with Gasteiger partial charge in [-0.05, 0) is 12.5 Å². The smallest absolute Gasteiger partial charge is 0.325 e. The highest BCUT2D eigenvalue weighted by Crippen LogP contribution is 2.00. The molecule has 0 aliphatic carbocycles. The quantitative estimate of drug-likeness (QED) is 0.483. The Hall–Kier alpha value is -2.36. The normalized spacial score (nSPS) is 10.8. The second-order valence-corrected chi connectivity index (χ2v) is 3.75. The first-order valence-electron chi connectivity index (χ1n) is 5.99. The monoisotopic (exact) mass is 259 g/mol. The summed E-state index contributed by atoms with van der Waals surface area (Å²) >= 11 is 0. The van der Waals surface area contributed by atoms with E-state index in [1.165, 1.54) is 6.08 Å². The minimum atomic E-state index is -0.461. The van der Waals surface area contributed by atoms with Crippen molar-refractivity contribution in [3.05, 3.63) is 60.2 Å². The minimum absolute atomic E-state index is 0.133. The minimum Gasteiger partial charge on any atom is -0.460 e. The molecule has 0 saturated heterocycles. The van der Waals surface area contributed by atoms with Crippen LogP contribution < -0.4 is 5.32 Å². The number of ether oxygens (including phenoxy) is 1. The van der Waals surface area contributed by atoms with Crippen molar-refractivity contribution in [2.45, 2.75) is 13.5 Å². The van der Waals surface area contributed by atoms with E-state index in [0.717, 1.165) is 5.56 Å². The van der Waals surface area contributed by atoms with Gasteiger partial charge < -0.3 is 10.1 Å². The van der Waals surface area contributed by atoms with Gasteiger partial charge in [0.2, 0.25) is 5.91 Å². The molecule has 1 rings (SSSR count). The molecule has 100 valence electrons. The molecule has 1 aromatic carbocycles. The molecule has 1 amide bonds. The molecule has 1 aromatic rings. The number of carbonyl (C=O) groups is 2. The lowest BCUT2D eigenvalue weighted by Crippen LogP contribution is -2.29. The van der Waals surface area contributed by atoms with E-state index in [-0.39, 0.29) is 19.1 Å². The van der Waals surface area contributed by atoms with Crippen molar-refractivity contribution in [1.82, 2.24) is 5.32 Å². The Labute approximate surface area is 112 Å². The average Bonchev–Trinajstić information content (AvgIpc) is 2.44. The van der Waals surface area contributed by atoms with Crippen LogP contribution in [0.3, 0.4) is 0 Å². The van der Waals surface area contributed by atoms with Gasteiger partial charge >= 0.3 is 5.97 Å². The van der Waals surface area contributed by atoms with Crippen LogP contribution >= 0.6 is 0 Å². The molecule has 0 radical (unpaired) electrons. The van der Waals surface area contributed by atoms with Crippen molar-refractivity contribution < 1.29 is 14.3 Å². The third-order valence-corrected chi connectivity index (χ3v) is 2.20. The van der Waals surface area contributed by atoms with Gasteiger partial charge in [0.25, 0.3) is 0 Å². The molecular formula is C15H17NO3. The van der Waals surface area contributed by atoms with Crippen LogP contribution in [0, 0.1) is 0 Å². The third-order valence-electron chi connectivity index (χ3n) is 2.20. The Kier molecular flexibility index (Phi) is 6.72. The molecule has 0 aliphatic rings. The second kappa shape index (κ2) is 8.69. The van der Waals surface area contributed by atoms with E-state index in [1.54, 1.807) is 18.2 Å². The molecule has 0 bridgehead atoms. The molecule has 1 N–H and O–H groups in total. The van der Waals surface area contributed by atoms with Crippen LogP contribution in [0.2, 0.25) is 0 Å². The van der Waals surface area contributed by atoms with E-state index in [9.17, 15) is 9.59 Å². The third kappa shape index (κ3) is 6.83. The Morgan fingerprint density at radius 3 is 2.63 bits per heavy atom. The lowest BCUT2D eigenvalue weighted by atomic mass is 10.2. The standard InChI is InChI=1S/C15H17NO3/c1-2-3-5-10-14(17)16-11-15(18)19-12-13-8-6-4-7-9-13/h2-10H,11-12H2,1H3,(H,16,17)/b3-2+,10-5+. The fourth-order valence-electron chi connectivity index (χ4n) is 1.26. The van der Waals surface area contributed by atoms with Crippen LogP contribution in [0.25, 0.3) is 0 Å². The molecule has 0 heterocycles. The molecule has 0 saturated carbocycles. The molecule has 0 aromatic heterocycles. The average molecular weight is 259 g/mol. The fraction of sp³-hybridized carbons (Fsp3) is 0.200. The summed E-state index contributed by atoms with van der Waals surface area (Å²) in [5, 5.41) is 2.44. The SMILES string of the molecule is C/C=C/C=C/C(=O)NCC(=O)OCc1ccccc1. The van der Waals surface area contributed by atoms with Crippen LogP contribution in [0.1, 0.15) is 12.5 Å². The van der Waals surface area contributed by atoms with Crippen LogP contribution in [0.5, 0.6) is 0 Å². The molecule has 0 atom stereocenters. The zero-order valence-corrected chi connectivity index (χ0v) is 10.8. The number of esters is 1. The summed E-state index contributed by atoms with van der Waals surface area (Å²) in [6.07, 6.45) is 6.49. The Bertz CT molecular complexity index is 464. The van der Waals surface area contributed by atoms with Gasteiger partial charge in [0.1, 0.15) is 13.2 Å². The summed E-state index contributed by atoms with van der Waals surface area (Å²) in [5.41, 5.74) is 0.912. The maximum atomic E-state index is 11.4. The van der Waals surface area contributed by atoms with E-state index in [4.69, 9.17) is 4.74 Å².